The fraction of sp³-hybridized carbons (Fsp3) is 0.286. The lowest BCUT2D eigenvalue weighted by atomic mass is 10.1. The summed E-state index contributed by atoms with van der Waals surface area (Å²) < 4.78 is 0. The van der Waals surface area contributed by atoms with Gasteiger partial charge in [0.25, 0.3) is 0 Å². The predicted octanol–water partition coefficient (Wildman–Crippen LogP) is 1.69. The highest BCUT2D eigenvalue weighted by Gasteiger charge is 2.11. The fourth-order valence-corrected chi connectivity index (χ4v) is 1.64. The molecule has 0 aliphatic rings. The van der Waals surface area contributed by atoms with Crippen LogP contribution in [-0.2, 0) is 16.1 Å². The van der Waals surface area contributed by atoms with Gasteiger partial charge in [0.1, 0.15) is 0 Å². The smallest absolute Gasteiger partial charge is 0.332 e. The van der Waals surface area contributed by atoms with Crippen molar-refractivity contribution in [3.63, 3.8) is 0 Å². The summed E-state index contributed by atoms with van der Waals surface area (Å²) >= 11 is 0. The van der Waals surface area contributed by atoms with Crippen LogP contribution in [0.25, 0.3) is 6.08 Å². The van der Waals surface area contributed by atoms with E-state index in [1.165, 1.54) is 6.08 Å². The van der Waals surface area contributed by atoms with Crippen LogP contribution in [0.1, 0.15) is 17.5 Å². The lowest BCUT2D eigenvalue weighted by molar-refractivity contribution is -0.139. The maximum Gasteiger partial charge on any atom is 0.332 e. The van der Waals surface area contributed by atoms with Gasteiger partial charge in [-0.3, -0.25) is 4.79 Å². The number of hydrogen-bond acceptors (Lipinski definition) is 3. The van der Waals surface area contributed by atoms with E-state index < -0.39 is 18.4 Å². The number of carbonyl (C=O) groups is 2. The highest BCUT2D eigenvalue weighted by molar-refractivity contribution is 5.96. The van der Waals surface area contributed by atoms with Crippen LogP contribution in [-0.4, -0.2) is 41.1 Å². The van der Waals surface area contributed by atoms with Crippen LogP contribution in [0.5, 0.6) is 0 Å². The fourth-order valence-electron chi connectivity index (χ4n) is 1.64. The normalized spacial score (nSPS) is 11.6. The van der Waals surface area contributed by atoms with Crippen LogP contribution in [0.15, 0.2) is 29.8 Å². The summed E-state index contributed by atoms with van der Waals surface area (Å²) in [5.74, 6) is -2.36. The van der Waals surface area contributed by atoms with Crippen LogP contribution >= 0.6 is 0 Å². The summed E-state index contributed by atoms with van der Waals surface area (Å²) in [6, 6.07) is 7.35. The molecule has 0 saturated heterocycles. The van der Waals surface area contributed by atoms with Crippen molar-refractivity contribution in [2.75, 3.05) is 14.1 Å². The third-order valence-corrected chi connectivity index (χ3v) is 2.44. The van der Waals surface area contributed by atoms with E-state index >= 15 is 0 Å². The molecule has 2 N–H and O–H groups in total. The number of nitrogens with zero attached hydrogens (tertiary/aromatic N) is 1. The van der Waals surface area contributed by atoms with Gasteiger partial charge in [0.05, 0.1) is 6.42 Å². The van der Waals surface area contributed by atoms with Gasteiger partial charge in [0.15, 0.2) is 0 Å². The molecule has 1 rings (SSSR count). The summed E-state index contributed by atoms with van der Waals surface area (Å²) in [5, 5.41) is 17.6. The Bertz CT molecular complexity index is 489. The molecular formula is C14H17NO4. The monoisotopic (exact) mass is 263 g/mol. The molecule has 0 bridgehead atoms. The molecule has 5 nitrogen and oxygen atoms in total. The molecule has 0 atom stereocenters. The number of carboxylic acids is 2. The lowest BCUT2D eigenvalue weighted by Crippen LogP contribution is -2.10. The summed E-state index contributed by atoms with van der Waals surface area (Å²) in [6.07, 6.45) is 0.894. The van der Waals surface area contributed by atoms with Gasteiger partial charge >= 0.3 is 11.9 Å². The zero-order valence-corrected chi connectivity index (χ0v) is 11.0. The standard InChI is InChI=1S/C14H17NO4/c1-15(2)9-11-5-3-10(4-6-11)7-12(14(18)19)8-13(16)17/h3-7H,8-9H2,1-2H3,(H,16,17)(H,18,19)/b12-7+. The first kappa shape index (κ1) is 14.9. The van der Waals surface area contributed by atoms with E-state index in [-0.39, 0.29) is 5.57 Å². The average Bonchev–Trinajstić information content (AvgIpc) is 2.29. The Morgan fingerprint density at radius 1 is 1.16 bits per heavy atom. The van der Waals surface area contributed by atoms with Crippen LogP contribution in [0.2, 0.25) is 0 Å². The van der Waals surface area contributed by atoms with Gasteiger partial charge in [-0.2, -0.15) is 0 Å². The zero-order chi connectivity index (χ0) is 14.4. The Balaban J connectivity index is 2.89. The van der Waals surface area contributed by atoms with Crippen molar-refractivity contribution in [2.24, 2.45) is 0 Å². The minimum atomic E-state index is -1.21. The van der Waals surface area contributed by atoms with Crippen molar-refractivity contribution in [2.45, 2.75) is 13.0 Å². The molecule has 0 aliphatic heterocycles. The van der Waals surface area contributed by atoms with Crippen molar-refractivity contribution in [3.8, 4) is 0 Å². The van der Waals surface area contributed by atoms with Crippen LogP contribution in [0.4, 0.5) is 0 Å². The maximum absolute atomic E-state index is 10.9. The second-order valence-electron chi connectivity index (χ2n) is 4.52. The van der Waals surface area contributed by atoms with E-state index in [0.717, 1.165) is 12.1 Å². The molecular weight excluding hydrogens is 246 g/mol. The van der Waals surface area contributed by atoms with E-state index in [1.807, 2.05) is 31.1 Å². The van der Waals surface area contributed by atoms with Crippen LogP contribution < -0.4 is 0 Å². The van der Waals surface area contributed by atoms with Crippen molar-refractivity contribution in [3.05, 3.63) is 41.0 Å². The van der Waals surface area contributed by atoms with Gasteiger partial charge in [-0.1, -0.05) is 24.3 Å². The average molecular weight is 263 g/mol. The molecule has 0 aliphatic carbocycles. The Morgan fingerprint density at radius 3 is 2.16 bits per heavy atom. The maximum atomic E-state index is 10.9. The van der Waals surface area contributed by atoms with Gasteiger partial charge in [-0.25, -0.2) is 4.79 Å². The summed E-state index contributed by atoms with van der Waals surface area (Å²) in [7, 11) is 3.92. The molecule has 0 aromatic heterocycles. The van der Waals surface area contributed by atoms with E-state index in [1.54, 1.807) is 12.1 Å². The summed E-state index contributed by atoms with van der Waals surface area (Å²) in [5.41, 5.74) is 1.66. The Labute approximate surface area is 111 Å². The Hall–Kier alpha value is -2.14. The highest BCUT2D eigenvalue weighted by atomic mass is 16.4. The van der Waals surface area contributed by atoms with Crippen LogP contribution in [0.3, 0.4) is 0 Å². The third kappa shape index (κ3) is 5.35. The van der Waals surface area contributed by atoms with Crippen molar-refractivity contribution < 1.29 is 19.8 Å². The minimum absolute atomic E-state index is 0.132. The largest absolute Gasteiger partial charge is 0.481 e. The number of carboxylic acid groups (broad SMARTS) is 2. The first-order valence-electron chi connectivity index (χ1n) is 5.78. The van der Waals surface area contributed by atoms with Gasteiger partial charge in [-0.15, -0.1) is 0 Å². The molecule has 5 heteroatoms. The first-order chi connectivity index (χ1) is 8.88. The molecule has 102 valence electrons. The lowest BCUT2D eigenvalue weighted by Gasteiger charge is -2.09. The molecule has 0 spiro atoms. The van der Waals surface area contributed by atoms with Crippen molar-refractivity contribution in [1.29, 1.82) is 0 Å². The van der Waals surface area contributed by atoms with Gasteiger partial charge < -0.3 is 15.1 Å². The van der Waals surface area contributed by atoms with Gasteiger partial charge in [-0.05, 0) is 31.3 Å². The molecule has 0 saturated carbocycles. The first-order valence-corrected chi connectivity index (χ1v) is 5.78. The summed E-state index contributed by atoms with van der Waals surface area (Å²) in [6.45, 7) is 0.797. The number of hydrogen-bond donors (Lipinski definition) is 2. The van der Waals surface area contributed by atoms with E-state index in [2.05, 4.69) is 0 Å². The number of benzene rings is 1. The number of aliphatic carboxylic acids is 2. The predicted molar refractivity (Wildman–Crippen MR) is 71.7 cm³/mol. The molecule has 19 heavy (non-hydrogen) atoms. The second-order valence-corrected chi connectivity index (χ2v) is 4.52. The summed E-state index contributed by atoms with van der Waals surface area (Å²) in [4.78, 5) is 23.5. The quantitative estimate of drug-likeness (QED) is 0.764. The molecule has 1 aromatic carbocycles. The zero-order valence-electron chi connectivity index (χ0n) is 11.0. The molecule has 0 radical (unpaired) electrons. The van der Waals surface area contributed by atoms with Crippen molar-refractivity contribution in [1.82, 2.24) is 4.90 Å². The molecule has 0 fully saturated rings. The molecule has 0 heterocycles. The molecule has 0 amide bonds. The molecule has 0 unspecified atom stereocenters. The Morgan fingerprint density at radius 2 is 1.74 bits per heavy atom. The van der Waals surface area contributed by atoms with Crippen molar-refractivity contribution >= 4 is 18.0 Å². The van der Waals surface area contributed by atoms with Gasteiger partial charge in [0.2, 0.25) is 0 Å². The molecule has 1 aromatic rings. The van der Waals surface area contributed by atoms with Gasteiger partial charge in [0, 0.05) is 12.1 Å². The van der Waals surface area contributed by atoms with E-state index in [0.29, 0.717) is 5.56 Å². The second kappa shape index (κ2) is 6.70. The van der Waals surface area contributed by atoms with Crippen LogP contribution in [0, 0.1) is 0 Å². The van der Waals surface area contributed by atoms with E-state index in [9.17, 15) is 9.59 Å². The number of rotatable bonds is 6. The topological polar surface area (TPSA) is 77.8 Å². The SMILES string of the molecule is CN(C)Cc1ccc(/C=C(\CC(=O)O)C(=O)O)cc1. The Kier molecular flexibility index (Phi) is 5.26. The minimum Gasteiger partial charge on any atom is -0.481 e. The third-order valence-electron chi connectivity index (χ3n) is 2.44. The highest BCUT2D eigenvalue weighted by Crippen LogP contribution is 2.12. The van der Waals surface area contributed by atoms with E-state index in [4.69, 9.17) is 10.2 Å².